The molecule has 0 spiro atoms. The second-order valence-electron chi connectivity index (χ2n) is 4.63. The summed E-state index contributed by atoms with van der Waals surface area (Å²) in [6, 6.07) is -1.57. The Morgan fingerprint density at radius 1 is 0.769 bits per heavy atom. The second-order valence-corrected chi connectivity index (χ2v) is 7.18. The lowest BCUT2D eigenvalue weighted by Crippen LogP contribution is -2.48. The highest BCUT2D eigenvalue weighted by Gasteiger charge is 2.23. The summed E-state index contributed by atoms with van der Waals surface area (Å²) in [7, 11) is 5.48. The SMILES string of the molecule is CCOC(=O)NC(CSSCC(NC(=O)OCC)C(=O)NC)C(=O)NC. The number of hydrogen-bond acceptors (Lipinski definition) is 8. The van der Waals surface area contributed by atoms with Crippen LogP contribution in [-0.2, 0) is 19.1 Å². The first-order chi connectivity index (χ1) is 12.4. The van der Waals surface area contributed by atoms with Crippen molar-refractivity contribution in [3.05, 3.63) is 0 Å². The van der Waals surface area contributed by atoms with Crippen molar-refractivity contribution in [3.63, 3.8) is 0 Å². The van der Waals surface area contributed by atoms with E-state index >= 15 is 0 Å². The van der Waals surface area contributed by atoms with E-state index < -0.39 is 24.3 Å². The lowest BCUT2D eigenvalue weighted by atomic mass is 10.3. The molecule has 0 aromatic rings. The van der Waals surface area contributed by atoms with Crippen LogP contribution in [0.4, 0.5) is 9.59 Å². The number of ether oxygens (including phenoxy) is 2. The van der Waals surface area contributed by atoms with Gasteiger partial charge in [-0.1, -0.05) is 21.6 Å². The summed E-state index contributed by atoms with van der Waals surface area (Å²) in [5.74, 6) is -0.219. The molecule has 26 heavy (non-hydrogen) atoms. The number of nitrogens with one attached hydrogen (secondary N) is 4. The Morgan fingerprint density at radius 3 is 1.38 bits per heavy atom. The summed E-state index contributed by atoms with van der Waals surface area (Å²) in [5.41, 5.74) is 0. The summed E-state index contributed by atoms with van der Waals surface area (Å²) in [6.45, 7) is 3.71. The zero-order chi connectivity index (χ0) is 19.9. The molecule has 0 fully saturated rings. The first kappa shape index (κ1) is 24.2. The molecule has 2 atom stereocenters. The summed E-state index contributed by atoms with van der Waals surface area (Å²) in [4.78, 5) is 46.6. The molecule has 10 nitrogen and oxygen atoms in total. The van der Waals surface area contributed by atoms with Crippen molar-refractivity contribution < 1.29 is 28.7 Å². The molecule has 0 aliphatic carbocycles. The first-order valence-electron chi connectivity index (χ1n) is 7.93. The fraction of sp³-hybridized carbons (Fsp3) is 0.714. The Bertz CT molecular complexity index is 438. The third kappa shape index (κ3) is 10.2. The van der Waals surface area contributed by atoms with Crippen LogP contribution in [0.3, 0.4) is 0 Å². The van der Waals surface area contributed by atoms with Crippen LogP contribution in [0.5, 0.6) is 0 Å². The van der Waals surface area contributed by atoms with Crippen molar-refractivity contribution in [2.45, 2.75) is 25.9 Å². The molecule has 4 N–H and O–H groups in total. The molecule has 2 unspecified atom stereocenters. The van der Waals surface area contributed by atoms with E-state index in [2.05, 4.69) is 21.3 Å². The molecule has 12 heteroatoms. The molecule has 0 aliphatic heterocycles. The van der Waals surface area contributed by atoms with E-state index in [-0.39, 0.29) is 36.5 Å². The van der Waals surface area contributed by atoms with Crippen LogP contribution in [0.25, 0.3) is 0 Å². The van der Waals surface area contributed by atoms with E-state index in [9.17, 15) is 19.2 Å². The predicted molar refractivity (Wildman–Crippen MR) is 101 cm³/mol. The predicted octanol–water partition coefficient (Wildman–Crippen LogP) is 0.0892. The van der Waals surface area contributed by atoms with Crippen LogP contribution in [0, 0.1) is 0 Å². The van der Waals surface area contributed by atoms with Crippen LogP contribution in [0.15, 0.2) is 0 Å². The molecular weight excluding hydrogens is 384 g/mol. The fourth-order valence-corrected chi connectivity index (χ4v) is 3.90. The third-order valence-electron chi connectivity index (χ3n) is 2.81. The van der Waals surface area contributed by atoms with Gasteiger partial charge in [-0.25, -0.2) is 9.59 Å². The Labute approximate surface area is 160 Å². The molecule has 0 aromatic heterocycles. The molecule has 0 saturated heterocycles. The van der Waals surface area contributed by atoms with Crippen molar-refractivity contribution in [1.82, 2.24) is 21.3 Å². The Balaban J connectivity index is 4.51. The number of likely N-dealkylation sites (N-methyl/N-ethyl adjacent to an activating group) is 2. The van der Waals surface area contributed by atoms with Gasteiger partial charge >= 0.3 is 12.2 Å². The number of carbonyl (C=O) groups excluding carboxylic acids is 4. The number of rotatable bonds is 11. The van der Waals surface area contributed by atoms with Crippen LogP contribution >= 0.6 is 21.6 Å². The Kier molecular flexibility index (Phi) is 13.4. The summed E-state index contributed by atoms with van der Waals surface area (Å²) < 4.78 is 9.53. The lowest BCUT2D eigenvalue weighted by molar-refractivity contribution is -0.122. The maximum absolute atomic E-state index is 11.8. The van der Waals surface area contributed by atoms with E-state index in [0.29, 0.717) is 0 Å². The van der Waals surface area contributed by atoms with Crippen molar-refractivity contribution in [2.75, 3.05) is 38.8 Å². The van der Waals surface area contributed by atoms with E-state index in [1.54, 1.807) is 13.8 Å². The Hall–Kier alpha value is -1.82. The quantitative estimate of drug-likeness (QED) is 0.278. The third-order valence-corrected chi connectivity index (χ3v) is 5.24. The summed E-state index contributed by atoms with van der Waals surface area (Å²) in [5, 5.41) is 9.85. The number of carbonyl (C=O) groups is 4. The van der Waals surface area contributed by atoms with E-state index in [0.717, 1.165) is 0 Å². The van der Waals surface area contributed by atoms with E-state index in [4.69, 9.17) is 9.47 Å². The minimum absolute atomic E-state index is 0.196. The highest BCUT2D eigenvalue weighted by molar-refractivity contribution is 8.76. The molecular formula is C14H26N4O6S2. The van der Waals surface area contributed by atoms with Gasteiger partial charge in [0.1, 0.15) is 12.1 Å². The van der Waals surface area contributed by atoms with Crippen LogP contribution < -0.4 is 21.3 Å². The minimum atomic E-state index is -0.784. The average molecular weight is 411 g/mol. The highest BCUT2D eigenvalue weighted by atomic mass is 33.1. The maximum atomic E-state index is 11.8. The van der Waals surface area contributed by atoms with Crippen LogP contribution in [0.1, 0.15) is 13.8 Å². The summed E-state index contributed by atoms with van der Waals surface area (Å²) in [6.07, 6.45) is -1.36. The van der Waals surface area contributed by atoms with Crippen molar-refractivity contribution >= 4 is 45.6 Å². The van der Waals surface area contributed by atoms with Gasteiger partial charge in [-0.2, -0.15) is 0 Å². The highest BCUT2D eigenvalue weighted by Crippen LogP contribution is 2.23. The Morgan fingerprint density at radius 2 is 1.12 bits per heavy atom. The van der Waals surface area contributed by atoms with Gasteiger partial charge in [0, 0.05) is 25.6 Å². The monoisotopic (exact) mass is 410 g/mol. The van der Waals surface area contributed by atoms with Gasteiger partial charge in [-0.05, 0) is 13.8 Å². The minimum Gasteiger partial charge on any atom is -0.450 e. The molecule has 4 amide bonds. The molecule has 150 valence electrons. The van der Waals surface area contributed by atoms with Gasteiger partial charge in [0.15, 0.2) is 0 Å². The van der Waals surface area contributed by atoms with Gasteiger partial charge in [0.05, 0.1) is 13.2 Å². The van der Waals surface area contributed by atoms with Gasteiger partial charge in [0.2, 0.25) is 11.8 Å². The molecule has 0 saturated carbocycles. The van der Waals surface area contributed by atoms with E-state index in [1.807, 2.05) is 0 Å². The van der Waals surface area contributed by atoms with Gasteiger partial charge < -0.3 is 30.7 Å². The molecule has 0 aromatic carbocycles. The lowest BCUT2D eigenvalue weighted by Gasteiger charge is -2.18. The zero-order valence-corrected chi connectivity index (χ0v) is 16.9. The molecule has 0 aliphatic rings. The number of alkyl carbamates (subject to hydrolysis) is 2. The molecule has 0 bridgehead atoms. The second kappa shape index (κ2) is 14.4. The smallest absolute Gasteiger partial charge is 0.407 e. The van der Waals surface area contributed by atoms with Crippen molar-refractivity contribution in [3.8, 4) is 0 Å². The van der Waals surface area contributed by atoms with Crippen LogP contribution in [0.2, 0.25) is 0 Å². The van der Waals surface area contributed by atoms with Crippen LogP contribution in [-0.4, -0.2) is 74.9 Å². The zero-order valence-electron chi connectivity index (χ0n) is 15.2. The van der Waals surface area contributed by atoms with Crippen molar-refractivity contribution in [1.29, 1.82) is 0 Å². The average Bonchev–Trinajstić information content (AvgIpc) is 2.62. The fourth-order valence-electron chi connectivity index (χ4n) is 1.58. The standard InChI is InChI=1S/C14H26N4O6S2/c1-5-23-13(21)17-9(11(19)15-3)7-25-26-8-10(12(20)16-4)18-14(22)24-6-2/h9-10H,5-8H2,1-4H3,(H,15,19)(H,16,20)(H,17,21)(H,18,22). The largest absolute Gasteiger partial charge is 0.450 e. The van der Waals surface area contributed by atoms with Gasteiger partial charge in [-0.15, -0.1) is 0 Å². The number of hydrogen-bond donors (Lipinski definition) is 4. The van der Waals surface area contributed by atoms with Crippen molar-refractivity contribution in [2.24, 2.45) is 0 Å². The topological polar surface area (TPSA) is 135 Å². The molecule has 0 heterocycles. The number of amides is 4. The van der Waals surface area contributed by atoms with Gasteiger partial charge in [0.25, 0.3) is 0 Å². The summed E-state index contributed by atoms with van der Waals surface area (Å²) >= 11 is 0. The van der Waals surface area contributed by atoms with Gasteiger partial charge in [-0.3, -0.25) is 9.59 Å². The molecule has 0 radical (unpaired) electrons. The van der Waals surface area contributed by atoms with E-state index in [1.165, 1.54) is 35.7 Å². The first-order valence-corrected chi connectivity index (χ1v) is 10.4. The molecule has 0 rings (SSSR count). The maximum Gasteiger partial charge on any atom is 0.407 e. The normalized spacial score (nSPS) is 12.3.